The molecule has 1 nitrogen and oxygen atoms in total. The van der Waals surface area contributed by atoms with Crippen molar-refractivity contribution >= 4 is 10.2 Å². The maximum Gasteiger partial charge on any atom is 0.0279 e. The Labute approximate surface area is 41.7 Å². The molecule has 33 valence electrons. The Bertz CT molecular complexity index is 45.5. The molecule has 0 spiro atoms. The molecule has 0 rings (SSSR count). The Morgan fingerprint density at radius 2 is 2.33 bits per heavy atom. The van der Waals surface area contributed by atoms with E-state index in [1.807, 2.05) is 0 Å². The maximum absolute atomic E-state index is 5.15. The standard InChI is InChI=1S/C4H8NSi/c1-4(2-5)3-6/h1-3,5H2. The minimum absolute atomic E-state index is 0.587. The van der Waals surface area contributed by atoms with Gasteiger partial charge >= 0.3 is 0 Å². The van der Waals surface area contributed by atoms with Gasteiger partial charge in [0.25, 0.3) is 0 Å². The summed E-state index contributed by atoms with van der Waals surface area (Å²) in [6.07, 6.45) is 0. The SMILES string of the molecule is C=C(CN)C[Si]. The molecular formula is C4H8NSi. The summed E-state index contributed by atoms with van der Waals surface area (Å²) < 4.78 is 0. The topological polar surface area (TPSA) is 26.0 Å². The number of hydrogen-bond acceptors (Lipinski definition) is 1. The Morgan fingerprint density at radius 1 is 1.83 bits per heavy atom. The lowest BCUT2D eigenvalue weighted by Crippen LogP contribution is -2.00. The molecule has 0 aromatic heterocycles. The largest absolute Gasteiger partial charge is 0.327 e. The Hall–Kier alpha value is -0.0831. The monoisotopic (exact) mass is 98.0 g/mol. The van der Waals surface area contributed by atoms with Crippen LogP contribution in [0.15, 0.2) is 12.2 Å². The molecule has 0 saturated carbocycles. The molecule has 0 aromatic carbocycles. The van der Waals surface area contributed by atoms with Crippen LogP contribution in [0.4, 0.5) is 0 Å². The third-order valence-corrected chi connectivity index (χ3v) is 1.04. The molecule has 2 N–H and O–H groups in total. The first kappa shape index (κ1) is 5.92. The van der Waals surface area contributed by atoms with E-state index in [4.69, 9.17) is 5.73 Å². The second-order valence-electron chi connectivity index (χ2n) is 1.13. The molecule has 6 heavy (non-hydrogen) atoms. The summed E-state index contributed by atoms with van der Waals surface area (Å²) in [6, 6.07) is 0.816. The van der Waals surface area contributed by atoms with Crippen molar-refractivity contribution < 1.29 is 0 Å². The Kier molecular flexibility index (Phi) is 3.08. The summed E-state index contributed by atoms with van der Waals surface area (Å²) in [4.78, 5) is 0. The van der Waals surface area contributed by atoms with Gasteiger partial charge in [-0.05, 0) is 6.04 Å². The fourth-order valence-corrected chi connectivity index (χ4v) is 0.217. The number of hydrogen-bond donors (Lipinski definition) is 1. The van der Waals surface area contributed by atoms with Crippen LogP contribution in [-0.4, -0.2) is 16.8 Å². The molecule has 0 aromatic rings. The minimum atomic E-state index is 0.587. The van der Waals surface area contributed by atoms with Gasteiger partial charge in [0.2, 0.25) is 0 Å². The van der Waals surface area contributed by atoms with Gasteiger partial charge in [0.15, 0.2) is 0 Å². The lowest BCUT2D eigenvalue weighted by Gasteiger charge is -1.89. The second-order valence-corrected chi connectivity index (χ2v) is 1.48. The third-order valence-electron chi connectivity index (χ3n) is 0.539. The van der Waals surface area contributed by atoms with Gasteiger partial charge in [-0.2, -0.15) is 0 Å². The van der Waals surface area contributed by atoms with Crippen LogP contribution in [0.3, 0.4) is 0 Å². The molecule has 0 fully saturated rings. The van der Waals surface area contributed by atoms with Crippen LogP contribution in [-0.2, 0) is 0 Å². The van der Waals surface area contributed by atoms with Crippen molar-refractivity contribution in [1.29, 1.82) is 0 Å². The molecule has 0 atom stereocenters. The van der Waals surface area contributed by atoms with Crippen molar-refractivity contribution in [3.05, 3.63) is 12.2 Å². The van der Waals surface area contributed by atoms with Gasteiger partial charge in [-0.25, -0.2) is 0 Å². The van der Waals surface area contributed by atoms with Crippen LogP contribution in [0.2, 0.25) is 6.04 Å². The lowest BCUT2D eigenvalue weighted by molar-refractivity contribution is 1.15. The normalized spacial score (nSPS) is 8.33. The Balaban J connectivity index is 2.99. The van der Waals surface area contributed by atoms with Crippen molar-refractivity contribution in [3.8, 4) is 0 Å². The fraction of sp³-hybridized carbons (Fsp3) is 0.500. The highest BCUT2D eigenvalue weighted by Crippen LogP contribution is 1.86. The van der Waals surface area contributed by atoms with Gasteiger partial charge < -0.3 is 5.73 Å². The zero-order valence-corrected chi connectivity index (χ0v) is 4.70. The summed E-state index contributed by atoms with van der Waals surface area (Å²) in [5, 5.41) is 0. The molecule has 0 aliphatic carbocycles. The second kappa shape index (κ2) is 3.12. The van der Waals surface area contributed by atoms with E-state index in [2.05, 4.69) is 16.8 Å². The fourth-order valence-electron chi connectivity index (χ4n) is 0.0722. The highest BCUT2D eigenvalue weighted by Gasteiger charge is 1.78. The summed E-state index contributed by atoms with van der Waals surface area (Å²) in [5.74, 6) is 0. The Morgan fingerprint density at radius 3 is 2.33 bits per heavy atom. The van der Waals surface area contributed by atoms with E-state index in [1.54, 1.807) is 0 Å². The minimum Gasteiger partial charge on any atom is -0.327 e. The van der Waals surface area contributed by atoms with E-state index in [0.29, 0.717) is 6.54 Å². The van der Waals surface area contributed by atoms with Crippen LogP contribution < -0.4 is 5.73 Å². The summed E-state index contributed by atoms with van der Waals surface area (Å²) in [7, 11) is 3.24. The summed E-state index contributed by atoms with van der Waals surface area (Å²) in [5.41, 5.74) is 6.19. The number of nitrogens with two attached hydrogens (primary N) is 1. The average molecular weight is 98.2 g/mol. The van der Waals surface area contributed by atoms with Crippen LogP contribution >= 0.6 is 0 Å². The molecule has 0 bridgehead atoms. The van der Waals surface area contributed by atoms with Crippen molar-refractivity contribution in [3.63, 3.8) is 0 Å². The zero-order chi connectivity index (χ0) is 4.99. The van der Waals surface area contributed by atoms with E-state index in [9.17, 15) is 0 Å². The van der Waals surface area contributed by atoms with Crippen LogP contribution in [0.5, 0.6) is 0 Å². The molecule has 0 aliphatic rings. The summed E-state index contributed by atoms with van der Waals surface area (Å²) in [6.45, 7) is 4.20. The maximum atomic E-state index is 5.15. The molecule has 0 heterocycles. The van der Waals surface area contributed by atoms with Crippen LogP contribution in [0, 0.1) is 0 Å². The van der Waals surface area contributed by atoms with E-state index < -0.39 is 0 Å². The molecule has 0 aliphatic heterocycles. The van der Waals surface area contributed by atoms with Gasteiger partial charge in [0, 0.05) is 16.8 Å². The first-order valence-corrected chi connectivity index (χ1v) is 2.53. The molecule has 0 amide bonds. The average Bonchev–Trinajstić information content (AvgIpc) is 1.65. The highest BCUT2D eigenvalue weighted by atomic mass is 28.1. The van der Waals surface area contributed by atoms with Crippen LogP contribution in [0.1, 0.15) is 0 Å². The van der Waals surface area contributed by atoms with Crippen molar-refractivity contribution in [2.45, 2.75) is 6.04 Å². The molecule has 0 saturated heterocycles. The first-order chi connectivity index (χ1) is 2.81. The van der Waals surface area contributed by atoms with E-state index in [1.165, 1.54) is 0 Å². The van der Waals surface area contributed by atoms with E-state index >= 15 is 0 Å². The lowest BCUT2D eigenvalue weighted by atomic mass is 10.4. The first-order valence-electron chi connectivity index (χ1n) is 1.82. The number of rotatable bonds is 2. The van der Waals surface area contributed by atoms with Gasteiger partial charge in [-0.15, -0.1) is 0 Å². The van der Waals surface area contributed by atoms with Gasteiger partial charge in [0.05, 0.1) is 0 Å². The van der Waals surface area contributed by atoms with Crippen molar-refractivity contribution in [2.75, 3.05) is 6.54 Å². The third kappa shape index (κ3) is 2.17. The predicted molar refractivity (Wildman–Crippen MR) is 28.8 cm³/mol. The van der Waals surface area contributed by atoms with Crippen molar-refractivity contribution in [2.24, 2.45) is 5.73 Å². The van der Waals surface area contributed by atoms with Crippen molar-refractivity contribution in [1.82, 2.24) is 0 Å². The molecular weight excluding hydrogens is 90.1 g/mol. The quantitative estimate of drug-likeness (QED) is 0.384. The van der Waals surface area contributed by atoms with Crippen LogP contribution in [0.25, 0.3) is 0 Å². The molecule has 2 heteroatoms. The molecule has 3 radical (unpaired) electrons. The van der Waals surface area contributed by atoms with Gasteiger partial charge in [0.1, 0.15) is 0 Å². The summed E-state index contributed by atoms with van der Waals surface area (Å²) >= 11 is 0. The smallest absolute Gasteiger partial charge is 0.0279 e. The van der Waals surface area contributed by atoms with E-state index in [0.717, 1.165) is 11.6 Å². The highest BCUT2D eigenvalue weighted by molar-refractivity contribution is 6.10. The predicted octanol–water partition coefficient (Wildman–Crippen LogP) is 0.0881. The van der Waals surface area contributed by atoms with Gasteiger partial charge in [-0.1, -0.05) is 12.2 Å². The molecule has 0 unspecified atom stereocenters. The van der Waals surface area contributed by atoms with E-state index in [-0.39, 0.29) is 0 Å². The van der Waals surface area contributed by atoms with Gasteiger partial charge in [-0.3, -0.25) is 0 Å². The zero-order valence-electron chi connectivity index (χ0n) is 3.70.